The van der Waals surface area contributed by atoms with Crippen molar-refractivity contribution in [3.05, 3.63) is 41.7 Å². The van der Waals surface area contributed by atoms with Gasteiger partial charge in [-0.2, -0.15) is 0 Å². The molecule has 1 aliphatic rings. The molecular weight excluding hydrogens is 205 g/mol. The van der Waals surface area contributed by atoms with E-state index in [0.717, 1.165) is 30.9 Å². The van der Waals surface area contributed by atoms with E-state index in [2.05, 4.69) is 10.3 Å². The first-order valence-corrected chi connectivity index (χ1v) is 5.23. The average Bonchev–Trinajstić information content (AvgIpc) is 2.31. The number of benzene rings is 1. The Morgan fingerprint density at radius 1 is 1.38 bits per heavy atom. The van der Waals surface area contributed by atoms with Gasteiger partial charge in [0.1, 0.15) is 5.82 Å². The Kier molecular flexibility index (Phi) is 3.31. The van der Waals surface area contributed by atoms with Crippen molar-refractivity contribution in [2.45, 2.75) is 0 Å². The van der Waals surface area contributed by atoms with Gasteiger partial charge in [0.25, 0.3) is 0 Å². The first kappa shape index (κ1) is 10.8. The summed E-state index contributed by atoms with van der Waals surface area (Å²) < 4.78 is 12.7. The second-order valence-corrected chi connectivity index (χ2v) is 3.66. The van der Waals surface area contributed by atoms with E-state index in [0.29, 0.717) is 5.70 Å². The molecule has 0 unspecified atom stereocenters. The third-order valence-electron chi connectivity index (χ3n) is 2.41. The van der Waals surface area contributed by atoms with Gasteiger partial charge in [-0.25, -0.2) is 4.39 Å². The maximum absolute atomic E-state index is 12.7. The number of halogens is 1. The Labute approximate surface area is 93.9 Å². The molecule has 16 heavy (non-hydrogen) atoms. The molecule has 1 heterocycles. The van der Waals surface area contributed by atoms with Crippen molar-refractivity contribution in [3.8, 4) is 0 Å². The average molecular weight is 219 g/mol. The van der Waals surface area contributed by atoms with Gasteiger partial charge in [0.2, 0.25) is 0 Å². The summed E-state index contributed by atoms with van der Waals surface area (Å²) in [5.74, 6) is -0.256. The van der Waals surface area contributed by atoms with Crippen molar-refractivity contribution in [2.24, 2.45) is 10.7 Å². The third kappa shape index (κ3) is 2.67. The standard InChI is InChI=1S/C12H14FN3/c13-10-3-1-9(2-4-10)12(14)7-11-8-15-5-6-16-11/h1-4,7,15H,5-6,8,14H2. The van der Waals surface area contributed by atoms with Crippen molar-refractivity contribution in [1.82, 2.24) is 5.32 Å². The normalized spacial score (nSPS) is 17.1. The van der Waals surface area contributed by atoms with Crippen LogP contribution in [0.5, 0.6) is 0 Å². The predicted octanol–water partition coefficient (Wildman–Crippen LogP) is 1.17. The fraction of sp³-hybridized carbons (Fsp3) is 0.250. The number of nitrogens with two attached hydrogens (primary N) is 1. The Hall–Kier alpha value is -1.68. The van der Waals surface area contributed by atoms with Crippen LogP contribution < -0.4 is 11.1 Å². The van der Waals surface area contributed by atoms with Crippen LogP contribution in [0.2, 0.25) is 0 Å². The molecule has 0 spiro atoms. The van der Waals surface area contributed by atoms with Gasteiger partial charge in [0.15, 0.2) is 0 Å². The van der Waals surface area contributed by atoms with Crippen molar-refractivity contribution in [3.63, 3.8) is 0 Å². The van der Waals surface area contributed by atoms with Crippen LogP contribution in [0, 0.1) is 5.82 Å². The summed E-state index contributed by atoms with van der Waals surface area (Å²) in [4.78, 5) is 4.34. The Morgan fingerprint density at radius 3 is 2.75 bits per heavy atom. The van der Waals surface area contributed by atoms with E-state index in [1.807, 2.05) is 6.08 Å². The van der Waals surface area contributed by atoms with Crippen molar-refractivity contribution < 1.29 is 4.39 Å². The van der Waals surface area contributed by atoms with Crippen LogP contribution in [0.3, 0.4) is 0 Å². The Bertz CT molecular complexity index is 420. The molecule has 1 aliphatic heterocycles. The molecule has 1 aromatic carbocycles. The van der Waals surface area contributed by atoms with E-state index < -0.39 is 0 Å². The second kappa shape index (κ2) is 4.90. The van der Waals surface area contributed by atoms with Gasteiger partial charge in [0.05, 0.1) is 12.3 Å². The molecule has 3 nitrogen and oxygen atoms in total. The van der Waals surface area contributed by atoms with Gasteiger partial charge in [-0.3, -0.25) is 4.99 Å². The fourth-order valence-electron chi connectivity index (χ4n) is 1.55. The van der Waals surface area contributed by atoms with Crippen LogP contribution in [-0.4, -0.2) is 25.3 Å². The Morgan fingerprint density at radius 2 is 2.12 bits per heavy atom. The van der Waals surface area contributed by atoms with E-state index in [9.17, 15) is 4.39 Å². The second-order valence-electron chi connectivity index (χ2n) is 3.66. The van der Waals surface area contributed by atoms with E-state index in [1.54, 1.807) is 12.1 Å². The highest BCUT2D eigenvalue weighted by molar-refractivity contribution is 6.02. The minimum absolute atomic E-state index is 0.256. The maximum atomic E-state index is 12.7. The quantitative estimate of drug-likeness (QED) is 0.784. The lowest BCUT2D eigenvalue weighted by atomic mass is 10.1. The van der Waals surface area contributed by atoms with E-state index in [4.69, 9.17) is 5.73 Å². The van der Waals surface area contributed by atoms with Gasteiger partial charge in [-0.1, -0.05) is 12.1 Å². The summed E-state index contributed by atoms with van der Waals surface area (Å²) in [5, 5.41) is 3.21. The van der Waals surface area contributed by atoms with Crippen molar-refractivity contribution in [2.75, 3.05) is 19.6 Å². The molecule has 84 valence electrons. The summed E-state index contributed by atoms with van der Waals surface area (Å²) in [7, 11) is 0. The van der Waals surface area contributed by atoms with Crippen LogP contribution in [-0.2, 0) is 0 Å². The molecule has 0 saturated heterocycles. The highest BCUT2D eigenvalue weighted by atomic mass is 19.1. The first-order valence-electron chi connectivity index (χ1n) is 5.23. The maximum Gasteiger partial charge on any atom is 0.123 e. The van der Waals surface area contributed by atoms with Crippen LogP contribution >= 0.6 is 0 Å². The zero-order valence-corrected chi connectivity index (χ0v) is 8.91. The highest BCUT2D eigenvalue weighted by Gasteiger charge is 2.03. The lowest BCUT2D eigenvalue weighted by molar-refractivity contribution is 0.627. The number of nitrogens with one attached hydrogen (secondary N) is 1. The highest BCUT2D eigenvalue weighted by Crippen LogP contribution is 2.10. The van der Waals surface area contributed by atoms with Gasteiger partial charge < -0.3 is 11.1 Å². The Balaban J connectivity index is 2.17. The topological polar surface area (TPSA) is 50.4 Å². The van der Waals surface area contributed by atoms with E-state index >= 15 is 0 Å². The van der Waals surface area contributed by atoms with Crippen molar-refractivity contribution in [1.29, 1.82) is 0 Å². The molecular formula is C12H14FN3. The SMILES string of the molecule is NC(=CC1=NCCNC1)c1ccc(F)cc1. The van der Waals surface area contributed by atoms with Gasteiger partial charge in [-0.05, 0) is 23.8 Å². The molecule has 0 saturated carbocycles. The first-order chi connectivity index (χ1) is 7.75. The molecule has 0 atom stereocenters. The van der Waals surface area contributed by atoms with E-state index in [1.165, 1.54) is 12.1 Å². The van der Waals surface area contributed by atoms with Crippen LogP contribution in [0.25, 0.3) is 5.70 Å². The summed E-state index contributed by atoms with van der Waals surface area (Å²) in [6, 6.07) is 6.13. The molecule has 0 amide bonds. The summed E-state index contributed by atoms with van der Waals surface area (Å²) in [6.07, 6.45) is 1.83. The number of rotatable bonds is 2. The molecule has 0 bridgehead atoms. The minimum Gasteiger partial charge on any atom is -0.398 e. The number of aliphatic imine (C=N–C) groups is 1. The number of hydrogen-bond acceptors (Lipinski definition) is 3. The van der Waals surface area contributed by atoms with Gasteiger partial charge in [-0.15, -0.1) is 0 Å². The molecule has 4 heteroatoms. The zero-order valence-electron chi connectivity index (χ0n) is 8.91. The van der Waals surface area contributed by atoms with Gasteiger partial charge >= 0.3 is 0 Å². The van der Waals surface area contributed by atoms with E-state index in [-0.39, 0.29) is 5.82 Å². The largest absolute Gasteiger partial charge is 0.398 e. The van der Waals surface area contributed by atoms with Crippen molar-refractivity contribution >= 4 is 11.4 Å². The number of nitrogens with zero attached hydrogens (tertiary/aromatic N) is 1. The van der Waals surface area contributed by atoms with Crippen LogP contribution in [0.1, 0.15) is 5.56 Å². The fourth-order valence-corrected chi connectivity index (χ4v) is 1.55. The molecule has 1 aromatic rings. The lowest BCUT2D eigenvalue weighted by Crippen LogP contribution is -2.30. The van der Waals surface area contributed by atoms with Crippen LogP contribution in [0.4, 0.5) is 4.39 Å². The van der Waals surface area contributed by atoms with Gasteiger partial charge in [0, 0.05) is 18.8 Å². The molecule has 2 rings (SSSR count). The third-order valence-corrected chi connectivity index (χ3v) is 2.41. The smallest absolute Gasteiger partial charge is 0.123 e. The molecule has 3 N–H and O–H groups in total. The summed E-state index contributed by atoms with van der Waals surface area (Å²) >= 11 is 0. The molecule has 0 radical (unpaired) electrons. The summed E-state index contributed by atoms with van der Waals surface area (Å²) in [6.45, 7) is 2.43. The number of hydrogen-bond donors (Lipinski definition) is 2. The van der Waals surface area contributed by atoms with Crippen LogP contribution in [0.15, 0.2) is 35.3 Å². The molecule has 0 fully saturated rings. The predicted molar refractivity (Wildman–Crippen MR) is 63.7 cm³/mol. The zero-order chi connectivity index (χ0) is 11.4. The minimum atomic E-state index is -0.256. The molecule has 0 aliphatic carbocycles. The lowest BCUT2D eigenvalue weighted by Gasteiger charge is -2.11. The monoisotopic (exact) mass is 219 g/mol. The summed E-state index contributed by atoms with van der Waals surface area (Å²) in [5.41, 5.74) is 8.27. The molecule has 0 aromatic heterocycles.